The lowest BCUT2D eigenvalue weighted by atomic mass is 9.96. The summed E-state index contributed by atoms with van der Waals surface area (Å²) in [5.74, 6) is -2.09. The van der Waals surface area contributed by atoms with Crippen molar-refractivity contribution in [1.82, 2.24) is 9.88 Å². The second-order valence-electron chi connectivity index (χ2n) is 9.60. The third-order valence-electron chi connectivity index (χ3n) is 6.72. The number of nitrogens with zero attached hydrogens (tertiary/aromatic N) is 2. The number of amides is 3. The number of hydrogen-bond donors (Lipinski definition) is 3. The van der Waals surface area contributed by atoms with E-state index in [2.05, 4.69) is 15.6 Å². The first kappa shape index (κ1) is 27.5. The van der Waals surface area contributed by atoms with E-state index in [0.717, 1.165) is 0 Å². The van der Waals surface area contributed by atoms with Crippen molar-refractivity contribution < 1.29 is 24.3 Å². The Kier molecular flexibility index (Phi) is 7.80. The highest BCUT2D eigenvalue weighted by Crippen LogP contribution is 2.31. The van der Waals surface area contributed by atoms with E-state index < -0.39 is 12.0 Å². The third kappa shape index (κ3) is 6.10. The number of aromatic carboxylic acids is 1. The van der Waals surface area contributed by atoms with Crippen LogP contribution in [0.3, 0.4) is 0 Å². The van der Waals surface area contributed by atoms with Crippen LogP contribution in [0.15, 0.2) is 85.1 Å². The molecule has 0 spiro atoms. The van der Waals surface area contributed by atoms with Gasteiger partial charge in [-0.25, -0.2) is 4.79 Å². The van der Waals surface area contributed by atoms with Crippen LogP contribution in [-0.4, -0.2) is 44.7 Å². The zero-order valence-electron chi connectivity index (χ0n) is 21.9. The number of carbonyl (C=O) groups is 4. The summed E-state index contributed by atoms with van der Waals surface area (Å²) in [7, 11) is 0. The predicted molar refractivity (Wildman–Crippen MR) is 155 cm³/mol. The van der Waals surface area contributed by atoms with Gasteiger partial charge in [0.05, 0.1) is 16.8 Å². The van der Waals surface area contributed by atoms with E-state index in [1.807, 2.05) is 6.07 Å². The highest BCUT2D eigenvalue weighted by molar-refractivity contribution is 6.31. The van der Waals surface area contributed by atoms with Crippen molar-refractivity contribution in [1.29, 1.82) is 0 Å². The molecule has 4 aromatic rings. The first-order chi connectivity index (χ1) is 19.7. The maximum absolute atomic E-state index is 13.9. The van der Waals surface area contributed by atoms with Crippen LogP contribution in [-0.2, 0) is 22.6 Å². The standard InChI is InChI=1S/C31H25ClN4O5/c1-18(37)34-22-9-6-20(7-10-22)26-14-19(5-11-24(26)31(40)41)17-36-28(16-23-4-2-3-13-33-23)29(38)35-27-15-21(32)8-12-25(27)30(36)39/h2-15,28H,16-17H2,1H3,(H,34,37)(H,35,38)(H,40,41)/t28-/m1/s1. The fraction of sp³-hybridized carbons (Fsp3) is 0.129. The van der Waals surface area contributed by atoms with Crippen LogP contribution in [0.2, 0.25) is 5.02 Å². The molecule has 10 heteroatoms. The number of aromatic nitrogens is 1. The molecule has 3 amide bonds. The van der Waals surface area contributed by atoms with Crippen LogP contribution in [0.1, 0.15) is 38.9 Å². The number of anilines is 2. The molecular formula is C31H25ClN4O5. The highest BCUT2D eigenvalue weighted by atomic mass is 35.5. The van der Waals surface area contributed by atoms with E-state index >= 15 is 0 Å². The molecule has 0 radical (unpaired) electrons. The molecule has 0 fully saturated rings. The molecule has 2 heterocycles. The Labute approximate surface area is 240 Å². The van der Waals surface area contributed by atoms with Crippen molar-refractivity contribution >= 4 is 46.7 Å². The van der Waals surface area contributed by atoms with Gasteiger partial charge in [0.15, 0.2) is 0 Å². The third-order valence-corrected chi connectivity index (χ3v) is 6.96. The number of pyridine rings is 1. The largest absolute Gasteiger partial charge is 0.478 e. The molecule has 1 aliphatic heterocycles. The van der Waals surface area contributed by atoms with Gasteiger partial charge in [-0.05, 0) is 71.3 Å². The van der Waals surface area contributed by atoms with Crippen LogP contribution in [0.4, 0.5) is 11.4 Å². The van der Waals surface area contributed by atoms with Crippen molar-refractivity contribution in [2.75, 3.05) is 10.6 Å². The van der Waals surface area contributed by atoms with Crippen LogP contribution in [0, 0.1) is 0 Å². The number of rotatable bonds is 7. The number of carbonyl (C=O) groups excluding carboxylic acids is 3. The zero-order chi connectivity index (χ0) is 29.1. The average Bonchev–Trinajstić information content (AvgIpc) is 3.03. The minimum atomic E-state index is -1.11. The fourth-order valence-electron chi connectivity index (χ4n) is 4.81. The molecule has 0 saturated carbocycles. The van der Waals surface area contributed by atoms with E-state index in [4.69, 9.17) is 11.6 Å². The van der Waals surface area contributed by atoms with E-state index in [0.29, 0.717) is 44.3 Å². The van der Waals surface area contributed by atoms with Gasteiger partial charge in [-0.15, -0.1) is 0 Å². The zero-order valence-corrected chi connectivity index (χ0v) is 22.7. The Morgan fingerprint density at radius 2 is 1.78 bits per heavy atom. The van der Waals surface area contributed by atoms with Crippen molar-refractivity contribution in [3.05, 3.63) is 112 Å². The number of carboxylic acids is 1. The van der Waals surface area contributed by atoms with Gasteiger partial charge in [-0.3, -0.25) is 19.4 Å². The Morgan fingerprint density at radius 1 is 1.00 bits per heavy atom. The molecule has 1 atom stereocenters. The van der Waals surface area contributed by atoms with Crippen molar-refractivity contribution in [2.24, 2.45) is 0 Å². The Bertz CT molecular complexity index is 1660. The maximum atomic E-state index is 13.9. The molecule has 9 nitrogen and oxygen atoms in total. The Hall–Kier alpha value is -5.02. The lowest BCUT2D eigenvalue weighted by Crippen LogP contribution is -2.46. The normalized spacial score (nSPS) is 14.6. The van der Waals surface area contributed by atoms with Crippen LogP contribution < -0.4 is 10.6 Å². The number of hydrogen-bond acceptors (Lipinski definition) is 5. The summed E-state index contributed by atoms with van der Waals surface area (Å²) in [4.78, 5) is 56.7. The Morgan fingerprint density at radius 3 is 2.46 bits per heavy atom. The number of fused-ring (bicyclic) bond motifs is 1. The monoisotopic (exact) mass is 568 g/mol. The second-order valence-corrected chi connectivity index (χ2v) is 10.0. The minimum absolute atomic E-state index is 0.0305. The molecule has 0 aliphatic carbocycles. The van der Waals surface area contributed by atoms with E-state index in [9.17, 15) is 24.3 Å². The van der Waals surface area contributed by atoms with Gasteiger partial charge in [-0.1, -0.05) is 35.9 Å². The summed E-state index contributed by atoms with van der Waals surface area (Å²) in [5, 5.41) is 15.8. The van der Waals surface area contributed by atoms with Gasteiger partial charge in [0.2, 0.25) is 11.8 Å². The second kappa shape index (κ2) is 11.6. The molecule has 1 aliphatic rings. The van der Waals surface area contributed by atoms with Gasteiger partial charge >= 0.3 is 5.97 Å². The molecule has 0 unspecified atom stereocenters. The molecule has 5 rings (SSSR count). The van der Waals surface area contributed by atoms with Crippen molar-refractivity contribution in [2.45, 2.75) is 25.9 Å². The molecule has 3 N–H and O–H groups in total. The highest BCUT2D eigenvalue weighted by Gasteiger charge is 2.36. The van der Waals surface area contributed by atoms with Crippen molar-refractivity contribution in [3.63, 3.8) is 0 Å². The lowest BCUT2D eigenvalue weighted by Gasteiger charge is -2.29. The van der Waals surface area contributed by atoms with Crippen LogP contribution >= 0.6 is 11.6 Å². The first-order valence-corrected chi connectivity index (χ1v) is 13.1. The summed E-state index contributed by atoms with van der Waals surface area (Å²) < 4.78 is 0. The average molecular weight is 569 g/mol. The topological polar surface area (TPSA) is 129 Å². The molecule has 206 valence electrons. The van der Waals surface area contributed by atoms with Gasteiger partial charge in [0.1, 0.15) is 6.04 Å². The van der Waals surface area contributed by atoms with E-state index in [-0.39, 0.29) is 36.3 Å². The van der Waals surface area contributed by atoms with Crippen molar-refractivity contribution in [3.8, 4) is 11.1 Å². The fourth-order valence-corrected chi connectivity index (χ4v) is 4.98. The summed E-state index contributed by atoms with van der Waals surface area (Å²) in [6.45, 7) is 1.43. The number of halogens is 1. The lowest BCUT2D eigenvalue weighted by molar-refractivity contribution is -0.120. The summed E-state index contributed by atoms with van der Waals surface area (Å²) in [5.41, 5.74) is 3.57. The molecule has 0 bridgehead atoms. The summed E-state index contributed by atoms with van der Waals surface area (Å²) in [6.07, 6.45) is 1.80. The van der Waals surface area contributed by atoms with Gasteiger partial charge in [0.25, 0.3) is 5.91 Å². The SMILES string of the molecule is CC(=O)Nc1ccc(-c2cc(CN3C(=O)c4ccc(Cl)cc4NC(=O)[C@H]3Cc3ccccn3)ccc2C(=O)O)cc1. The van der Waals surface area contributed by atoms with Gasteiger partial charge in [0, 0.05) is 42.5 Å². The molecule has 41 heavy (non-hydrogen) atoms. The van der Waals surface area contributed by atoms with Gasteiger partial charge < -0.3 is 20.6 Å². The smallest absolute Gasteiger partial charge is 0.336 e. The van der Waals surface area contributed by atoms with Crippen LogP contribution in [0.25, 0.3) is 11.1 Å². The molecular weight excluding hydrogens is 544 g/mol. The number of benzene rings is 3. The summed E-state index contributed by atoms with van der Waals surface area (Å²) >= 11 is 6.15. The Balaban J connectivity index is 1.55. The number of carboxylic acid groups (broad SMARTS) is 1. The predicted octanol–water partition coefficient (Wildman–Crippen LogP) is 5.26. The summed E-state index contributed by atoms with van der Waals surface area (Å²) in [6, 6.07) is 20.8. The minimum Gasteiger partial charge on any atom is -0.478 e. The van der Waals surface area contributed by atoms with Gasteiger partial charge in [-0.2, -0.15) is 0 Å². The number of nitrogens with one attached hydrogen (secondary N) is 2. The molecule has 0 saturated heterocycles. The van der Waals surface area contributed by atoms with E-state index in [1.54, 1.807) is 72.9 Å². The van der Waals surface area contributed by atoms with Crippen LogP contribution in [0.5, 0.6) is 0 Å². The van der Waals surface area contributed by atoms with E-state index in [1.165, 1.54) is 17.9 Å². The molecule has 1 aromatic heterocycles. The first-order valence-electron chi connectivity index (χ1n) is 12.7. The quantitative estimate of drug-likeness (QED) is 0.279. The maximum Gasteiger partial charge on any atom is 0.336 e. The molecule has 3 aromatic carbocycles.